The fourth-order valence-electron chi connectivity index (χ4n) is 2.81. The molecule has 122 valence electrons. The summed E-state index contributed by atoms with van der Waals surface area (Å²) in [6, 6.07) is 0.469. The molecule has 2 rings (SSSR count). The van der Waals surface area contributed by atoms with Crippen molar-refractivity contribution in [3.63, 3.8) is 0 Å². The van der Waals surface area contributed by atoms with E-state index >= 15 is 0 Å². The maximum atomic E-state index is 11.9. The first-order chi connectivity index (χ1) is 10.8. The van der Waals surface area contributed by atoms with Gasteiger partial charge in [-0.3, -0.25) is 4.79 Å². The van der Waals surface area contributed by atoms with E-state index in [0.717, 1.165) is 25.8 Å². The second-order valence-electron chi connectivity index (χ2n) is 6.09. The topological polar surface area (TPSA) is 66.9 Å². The molecule has 1 fully saturated rings. The predicted molar refractivity (Wildman–Crippen MR) is 89.0 cm³/mol. The highest BCUT2D eigenvalue weighted by atomic mass is 16.1. The van der Waals surface area contributed by atoms with Crippen LogP contribution in [-0.4, -0.2) is 28.5 Å². The van der Waals surface area contributed by atoms with Crippen molar-refractivity contribution < 1.29 is 4.79 Å². The first-order valence-corrected chi connectivity index (χ1v) is 8.66. The van der Waals surface area contributed by atoms with Crippen LogP contribution in [0.25, 0.3) is 0 Å². The lowest BCUT2D eigenvalue weighted by molar-refractivity contribution is 0.0952. The minimum Gasteiger partial charge on any atom is -0.352 e. The Morgan fingerprint density at radius 2 is 1.82 bits per heavy atom. The van der Waals surface area contributed by atoms with Gasteiger partial charge in [0.15, 0.2) is 0 Å². The number of rotatable bonds is 7. The number of amides is 1. The molecule has 1 heterocycles. The van der Waals surface area contributed by atoms with Crippen molar-refractivity contribution in [2.45, 2.75) is 70.8 Å². The van der Waals surface area contributed by atoms with Crippen molar-refractivity contribution in [2.75, 3.05) is 11.9 Å². The van der Waals surface area contributed by atoms with Crippen LogP contribution in [0.4, 0.5) is 5.95 Å². The Morgan fingerprint density at radius 1 is 1.14 bits per heavy atom. The lowest BCUT2D eigenvalue weighted by Crippen LogP contribution is -2.25. The van der Waals surface area contributed by atoms with E-state index in [-0.39, 0.29) is 5.91 Å². The molecule has 0 aliphatic heterocycles. The third-order valence-electron chi connectivity index (χ3n) is 4.17. The largest absolute Gasteiger partial charge is 0.352 e. The number of carbonyl (C=O) groups excluding carboxylic acids is 1. The second-order valence-corrected chi connectivity index (χ2v) is 6.09. The first-order valence-electron chi connectivity index (χ1n) is 8.66. The van der Waals surface area contributed by atoms with Gasteiger partial charge in [-0.2, -0.15) is 0 Å². The number of nitrogens with zero attached hydrogens (tertiary/aromatic N) is 2. The molecule has 2 N–H and O–H groups in total. The summed E-state index contributed by atoms with van der Waals surface area (Å²) >= 11 is 0. The van der Waals surface area contributed by atoms with Crippen molar-refractivity contribution in [3.05, 3.63) is 18.0 Å². The molecular weight excluding hydrogens is 276 g/mol. The maximum absolute atomic E-state index is 11.9. The smallest absolute Gasteiger partial charge is 0.254 e. The average Bonchev–Trinajstić information content (AvgIpc) is 2.81. The van der Waals surface area contributed by atoms with Crippen molar-refractivity contribution >= 4 is 11.9 Å². The Hall–Kier alpha value is -1.65. The van der Waals surface area contributed by atoms with Gasteiger partial charge < -0.3 is 10.6 Å². The Kier molecular flexibility index (Phi) is 7.13. The highest BCUT2D eigenvalue weighted by Crippen LogP contribution is 2.19. The second kappa shape index (κ2) is 9.38. The Balaban J connectivity index is 1.80. The predicted octanol–water partition coefficient (Wildman–Crippen LogP) is 3.53. The van der Waals surface area contributed by atoms with E-state index in [0.29, 0.717) is 17.6 Å². The van der Waals surface area contributed by atoms with Crippen LogP contribution in [0.5, 0.6) is 0 Å². The molecule has 1 aromatic rings. The number of aromatic nitrogens is 2. The zero-order chi connectivity index (χ0) is 15.6. The Morgan fingerprint density at radius 3 is 2.45 bits per heavy atom. The van der Waals surface area contributed by atoms with Gasteiger partial charge in [0, 0.05) is 25.0 Å². The van der Waals surface area contributed by atoms with Crippen molar-refractivity contribution in [1.29, 1.82) is 0 Å². The number of nitrogens with one attached hydrogen (secondary N) is 2. The molecule has 5 heteroatoms. The molecule has 0 atom stereocenters. The van der Waals surface area contributed by atoms with Crippen LogP contribution in [0.1, 0.15) is 75.1 Å². The Labute approximate surface area is 133 Å². The summed E-state index contributed by atoms with van der Waals surface area (Å²) in [5.74, 6) is 0.548. The van der Waals surface area contributed by atoms with E-state index < -0.39 is 0 Å². The normalized spacial score (nSPS) is 16.0. The monoisotopic (exact) mass is 304 g/mol. The van der Waals surface area contributed by atoms with Crippen LogP contribution in [0, 0.1) is 0 Å². The number of anilines is 1. The van der Waals surface area contributed by atoms with Crippen LogP contribution >= 0.6 is 0 Å². The zero-order valence-corrected chi connectivity index (χ0v) is 13.6. The Bertz CT molecular complexity index is 438. The molecule has 22 heavy (non-hydrogen) atoms. The number of carbonyl (C=O) groups is 1. The van der Waals surface area contributed by atoms with Crippen molar-refractivity contribution in [1.82, 2.24) is 15.3 Å². The molecule has 1 aliphatic carbocycles. The third-order valence-corrected chi connectivity index (χ3v) is 4.17. The van der Waals surface area contributed by atoms with Crippen molar-refractivity contribution in [3.8, 4) is 0 Å². The summed E-state index contributed by atoms with van der Waals surface area (Å²) in [6.45, 7) is 2.87. The summed E-state index contributed by atoms with van der Waals surface area (Å²) in [4.78, 5) is 20.5. The minimum absolute atomic E-state index is 0.0860. The van der Waals surface area contributed by atoms with Gasteiger partial charge in [-0.15, -0.1) is 0 Å². The van der Waals surface area contributed by atoms with E-state index in [9.17, 15) is 4.79 Å². The fraction of sp³-hybridized carbons (Fsp3) is 0.706. The fourth-order valence-corrected chi connectivity index (χ4v) is 2.81. The summed E-state index contributed by atoms with van der Waals surface area (Å²) in [7, 11) is 0. The third kappa shape index (κ3) is 5.62. The van der Waals surface area contributed by atoms with Crippen LogP contribution in [0.15, 0.2) is 12.4 Å². The van der Waals surface area contributed by atoms with E-state index in [1.54, 1.807) is 12.4 Å². The number of hydrogen-bond donors (Lipinski definition) is 2. The summed E-state index contributed by atoms with van der Waals surface area (Å²) < 4.78 is 0. The molecule has 0 saturated heterocycles. The molecule has 1 aromatic heterocycles. The molecule has 0 aromatic carbocycles. The lowest BCUT2D eigenvalue weighted by Gasteiger charge is -2.15. The van der Waals surface area contributed by atoms with E-state index in [1.165, 1.54) is 38.5 Å². The van der Waals surface area contributed by atoms with Gasteiger partial charge in [0.1, 0.15) is 0 Å². The maximum Gasteiger partial charge on any atom is 0.254 e. The number of hydrogen-bond acceptors (Lipinski definition) is 4. The van der Waals surface area contributed by atoms with Crippen LogP contribution in [0.3, 0.4) is 0 Å². The molecule has 0 spiro atoms. The average molecular weight is 304 g/mol. The van der Waals surface area contributed by atoms with Gasteiger partial charge in [0.25, 0.3) is 5.91 Å². The zero-order valence-electron chi connectivity index (χ0n) is 13.6. The van der Waals surface area contributed by atoms with Gasteiger partial charge in [-0.1, -0.05) is 45.4 Å². The number of unbranched alkanes of at least 4 members (excludes halogenated alkanes) is 2. The summed E-state index contributed by atoms with van der Waals surface area (Å²) in [5, 5.41) is 6.30. The van der Waals surface area contributed by atoms with Gasteiger partial charge in [0.05, 0.1) is 5.56 Å². The minimum atomic E-state index is -0.0860. The molecule has 1 amide bonds. The highest BCUT2D eigenvalue weighted by Gasteiger charge is 2.13. The quantitative estimate of drug-likeness (QED) is 0.597. The lowest BCUT2D eigenvalue weighted by atomic mass is 10.1. The molecular formula is C17H28N4O. The molecule has 1 saturated carbocycles. The van der Waals surface area contributed by atoms with Crippen LogP contribution in [-0.2, 0) is 0 Å². The van der Waals surface area contributed by atoms with Crippen LogP contribution in [0.2, 0.25) is 0 Å². The van der Waals surface area contributed by atoms with Gasteiger partial charge >= 0.3 is 0 Å². The SMILES string of the molecule is CCCCCNC(=O)c1cnc(NC2CCCCCC2)nc1. The standard InChI is InChI=1S/C17H28N4O/c1-2-3-8-11-18-16(22)14-12-19-17(20-13-14)21-15-9-6-4-5-7-10-15/h12-13,15H,2-11H2,1H3,(H,18,22)(H,19,20,21). The van der Waals surface area contributed by atoms with Crippen molar-refractivity contribution in [2.24, 2.45) is 0 Å². The molecule has 5 nitrogen and oxygen atoms in total. The van der Waals surface area contributed by atoms with Gasteiger partial charge in [-0.05, 0) is 19.3 Å². The van der Waals surface area contributed by atoms with Gasteiger partial charge in [-0.25, -0.2) is 9.97 Å². The van der Waals surface area contributed by atoms with E-state index in [2.05, 4.69) is 27.5 Å². The summed E-state index contributed by atoms with van der Waals surface area (Å²) in [6.07, 6.45) is 14.1. The van der Waals surface area contributed by atoms with Crippen LogP contribution < -0.4 is 10.6 Å². The molecule has 1 aliphatic rings. The highest BCUT2D eigenvalue weighted by molar-refractivity contribution is 5.93. The van der Waals surface area contributed by atoms with Gasteiger partial charge in [0.2, 0.25) is 5.95 Å². The summed E-state index contributed by atoms with van der Waals surface area (Å²) in [5.41, 5.74) is 0.530. The molecule has 0 unspecified atom stereocenters. The first kappa shape index (κ1) is 16.7. The molecule has 0 radical (unpaired) electrons. The van der Waals surface area contributed by atoms with E-state index in [4.69, 9.17) is 0 Å². The van der Waals surface area contributed by atoms with E-state index in [1.807, 2.05) is 0 Å². The molecule has 0 bridgehead atoms.